The average molecular weight is 217 g/mol. The predicted molar refractivity (Wildman–Crippen MR) is 61.2 cm³/mol. The Morgan fingerprint density at radius 1 is 1.31 bits per heavy atom. The normalized spacial score (nSPS) is 10.0. The van der Waals surface area contributed by atoms with Gasteiger partial charge in [0, 0.05) is 11.4 Å². The third kappa shape index (κ3) is 1.95. The van der Waals surface area contributed by atoms with E-state index in [1.807, 2.05) is 0 Å². The fraction of sp³-hybridized carbons (Fsp3) is 0. The van der Waals surface area contributed by atoms with Crippen LogP contribution in [0.15, 0.2) is 30.5 Å². The van der Waals surface area contributed by atoms with Crippen molar-refractivity contribution in [3.63, 3.8) is 0 Å². The lowest BCUT2D eigenvalue weighted by molar-refractivity contribution is 0.100. The van der Waals surface area contributed by atoms with Crippen molar-refractivity contribution in [2.24, 2.45) is 5.73 Å². The molecule has 0 fully saturated rings. The van der Waals surface area contributed by atoms with Crippen LogP contribution in [0.5, 0.6) is 0 Å². The zero-order valence-electron chi connectivity index (χ0n) is 8.40. The first-order chi connectivity index (χ1) is 7.66. The summed E-state index contributed by atoms with van der Waals surface area (Å²) < 4.78 is 0. The number of amides is 1. The molecule has 0 saturated heterocycles. The summed E-state index contributed by atoms with van der Waals surface area (Å²) in [4.78, 5) is 11.0. The number of aromatic amines is 1. The fourth-order valence-corrected chi connectivity index (χ4v) is 1.28. The molecule has 16 heavy (non-hydrogen) atoms. The lowest BCUT2D eigenvalue weighted by Gasteiger charge is -2.05. The Balaban J connectivity index is 2.23. The summed E-state index contributed by atoms with van der Waals surface area (Å²) in [6.07, 6.45) is 1.38. The van der Waals surface area contributed by atoms with Gasteiger partial charge in [-0.25, -0.2) is 0 Å². The maximum absolute atomic E-state index is 11.0. The van der Waals surface area contributed by atoms with Gasteiger partial charge in [0.05, 0.1) is 6.20 Å². The Kier molecular flexibility index (Phi) is 2.47. The van der Waals surface area contributed by atoms with Crippen molar-refractivity contribution in [1.29, 1.82) is 0 Å². The van der Waals surface area contributed by atoms with Crippen molar-refractivity contribution in [2.75, 3.05) is 11.1 Å². The van der Waals surface area contributed by atoms with E-state index in [1.165, 1.54) is 6.20 Å². The summed E-state index contributed by atoms with van der Waals surface area (Å²) in [6, 6.07) is 7.09. The van der Waals surface area contributed by atoms with Gasteiger partial charge in [-0.15, -0.1) is 0 Å². The van der Waals surface area contributed by atoms with E-state index in [2.05, 4.69) is 15.5 Å². The molecule has 1 aromatic heterocycles. The highest BCUT2D eigenvalue weighted by molar-refractivity contribution is 5.98. The van der Waals surface area contributed by atoms with Crippen molar-refractivity contribution < 1.29 is 4.79 Å². The zero-order valence-corrected chi connectivity index (χ0v) is 8.40. The molecule has 0 saturated carbocycles. The van der Waals surface area contributed by atoms with Crippen molar-refractivity contribution in [3.05, 3.63) is 36.0 Å². The number of H-pyrrole nitrogens is 1. The maximum Gasteiger partial charge on any atom is 0.254 e. The van der Waals surface area contributed by atoms with Crippen molar-refractivity contribution >= 4 is 23.1 Å². The van der Waals surface area contributed by atoms with Gasteiger partial charge in [0.25, 0.3) is 5.91 Å². The number of hydrogen-bond acceptors (Lipinski definition) is 4. The number of carbonyl (C=O) groups is 1. The van der Waals surface area contributed by atoms with E-state index in [0.717, 1.165) is 5.69 Å². The fourth-order valence-electron chi connectivity index (χ4n) is 1.28. The number of nitrogens with two attached hydrogens (primary N) is 2. The summed E-state index contributed by atoms with van der Waals surface area (Å²) >= 11 is 0. The van der Waals surface area contributed by atoms with Crippen LogP contribution in [-0.2, 0) is 0 Å². The van der Waals surface area contributed by atoms with Crippen LogP contribution in [0.3, 0.4) is 0 Å². The first-order valence-electron chi connectivity index (χ1n) is 4.62. The average Bonchev–Trinajstić information content (AvgIpc) is 2.69. The van der Waals surface area contributed by atoms with Gasteiger partial charge in [0.2, 0.25) is 0 Å². The van der Waals surface area contributed by atoms with Gasteiger partial charge >= 0.3 is 0 Å². The van der Waals surface area contributed by atoms with Crippen LogP contribution in [0.25, 0.3) is 0 Å². The van der Waals surface area contributed by atoms with E-state index in [0.29, 0.717) is 17.1 Å². The van der Waals surface area contributed by atoms with Crippen LogP contribution in [-0.4, -0.2) is 16.1 Å². The van der Waals surface area contributed by atoms with Gasteiger partial charge in [0.1, 0.15) is 11.4 Å². The van der Waals surface area contributed by atoms with Gasteiger partial charge < -0.3 is 16.8 Å². The smallest absolute Gasteiger partial charge is 0.254 e. The summed E-state index contributed by atoms with van der Waals surface area (Å²) in [5.74, 6) is -0.0658. The SMILES string of the molecule is NC(=O)c1cn[nH]c1Nc1ccc(N)cc1. The number of hydrogen-bond donors (Lipinski definition) is 4. The number of nitrogens with zero attached hydrogens (tertiary/aromatic N) is 1. The van der Waals surface area contributed by atoms with Gasteiger partial charge in [-0.2, -0.15) is 5.10 Å². The first-order valence-corrected chi connectivity index (χ1v) is 4.62. The van der Waals surface area contributed by atoms with E-state index >= 15 is 0 Å². The molecule has 0 atom stereocenters. The summed E-state index contributed by atoms with van der Waals surface area (Å²) in [7, 11) is 0. The molecule has 6 N–H and O–H groups in total. The highest BCUT2D eigenvalue weighted by Gasteiger charge is 2.09. The molecule has 1 heterocycles. The van der Waals surface area contributed by atoms with Crippen molar-refractivity contribution in [2.45, 2.75) is 0 Å². The largest absolute Gasteiger partial charge is 0.399 e. The second-order valence-corrected chi connectivity index (χ2v) is 3.27. The molecule has 1 aromatic carbocycles. The second kappa shape index (κ2) is 3.93. The monoisotopic (exact) mass is 217 g/mol. The molecule has 0 aliphatic rings. The molecule has 0 bridgehead atoms. The molecule has 6 heteroatoms. The molecular weight excluding hydrogens is 206 g/mol. The second-order valence-electron chi connectivity index (χ2n) is 3.27. The van der Waals surface area contributed by atoms with Gasteiger partial charge in [-0.05, 0) is 24.3 Å². The molecule has 2 aromatic rings. The molecule has 0 unspecified atom stereocenters. The summed E-state index contributed by atoms with van der Waals surface area (Å²) in [5, 5.41) is 9.39. The van der Waals surface area contributed by atoms with Crippen LogP contribution >= 0.6 is 0 Å². The molecule has 0 aliphatic heterocycles. The minimum atomic E-state index is -0.535. The van der Waals surface area contributed by atoms with Crippen molar-refractivity contribution in [1.82, 2.24) is 10.2 Å². The predicted octanol–water partition coefficient (Wildman–Crippen LogP) is 0.834. The number of nitrogens with one attached hydrogen (secondary N) is 2. The number of benzene rings is 1. The van der Waals surface area contributed by atoms with E-state index in [9.17, 15) is 4.79 Å². The highest BCUT2D eigenvalue weighted by atomic mass is 16.1. The molecule has 0 aliphatic carbocycles. The molecule has 1 amide bonds. The minimum absolute atomic E-state index is 0.317. The van der Waals surface area contributed by atoms with Crippen LogP contribution < -0.4 is 16.8 Å². The number of primary amides is 1. The topological polar surface area (TPSA) is 110 Å². The molecule has 82 valence electrons. The molecular formula is C10H11N5O. The molecule has 2 rings (SSSR count). The standard InChI is InChI=1S/C10H11N5O/c11-6-1-3-7(4-2-6)14-10-8(9(12)16)5-13-15-10/h1-5H,11H2,(H2,12,16)(H2,13,14,15). The number of rotatable bonds is 3. The lowest BCUT2D eigenvalue weighted by atomic mass is 10.2. The van der Waals surface area contributed by atoms with Crippen LogP contribution in [0.1, 0.15) is 10.4 Å². The molecule has 0 radical (unpaired) electrons. The van der Waals surface area contributed by atoms with Gasteiger partial charge in [0.15, 0.2) is 0 Å². The Morgan fingerprint density at radius 2 is 2.00 bits per heavy atom. The number of nitrogen functional groups attached to an aromatic ring is 1. The minimum Gasteiger partial charge on any atom is -0.399 e. The van der Waals surface area contributed by atoms with Gasteiger partial charge in [-0.1, -0.05) is 0 Å². The third-order valence-electron chi connectivity index (χ3n) is 2.08. The quantitative estimate of drug-likeness (QED) is 0.571. The first kappa shape index (κ1) is 10.0. The Morgan fingerprint density at radius 3 is 2.62 bits per heavy atom. The third-order valence-corrected chi connectivity index (χ3v) is 2.08. The van der Waals surface area contributed by atoms with Crippen LogP contribution in [0, 0.1) is 0 Å². The van der Waals surface area contributed by atoms with E-state index in [-0.39, 0.29) is 0 Å². The number of carbonyl (C=O) groups excluding carboxylic acids is 1. The highest BCUT2D eigenvalue weighted by Crippen LogP contribution is 2.18. The molecule has 6 nitrogen and oxygen atoms in total. The summed E-state index contributed by atoms with van der Waals surface area (Å²) in [5.41, 5.74) is 12.5. The number of aromatic nitrogens is 2. The van der Waals surface area contributed by atoms with Crippen LogP contribution in [0.2, 0.25) is 0 Å². The van der Waals surface area contributed by atoms with Crippen molar-refractivity contribution in [3.8, 4) is 0 Å². The number of anilines is 3. The Hall–Kier alpha value is -2.50. The van der Waals surface area contributed by atoms with E-state index < -0.39 is 5.91 Å². The maximum atomic E-state index is 11.0. The van der Waals surface area contributed by atoms with Gasteiger partial charge in [-0.3, -0.25) is 9.89 Å². The Labute approximate surface area is 91.6 Å². The Bertz CT molecular complexity index is 502. The summed E-state index contributed by atoms with van der Waals surface area (Å²) in [6.45, 7) is 0. The van der Waals surface area contributed by atoms with E-state index in [1.54, 1.807) is 24.3 Å². The van der Waals surface area contributed by atoms with Crippen LogP contribution in [0.4, 0.5) is 17.2 Å². The molecule has 0 spiro atoms. The zero-order chi connectivity index (χ0) is 11.5. The van der Waals surface area contributed by atoms with E-state index in [4.69, 9.17) is 11.5 Å². The lowest BCUT2D eigenvalue weighted by Crippen LogP contribution is -2.11.